The molecule has 1 aliphatic rings. The largest absolute Gasteiger partial charge is 0.373 e. The number of rotatable bonds is 5. The number of carbonyl (C=O) groups excluding carboxylic acids is 1. The smallest absolute Gasteiger partial charge is 0.239 e. The number of nitrogens with zero attached hydrogens (tertiary/aromatic N) is 2. The van der Waals surface area contributed by atoms with Crippen LogP contribution in [0.3, 0.4) is 0 Å². The molecule has 0 saturated heterocycles. The van der Waals surface area contributed by atoms with Crippen LogP contribution in [0.2, 0.25) is 0 Å². The Labute approximate surface area is 114 Å². The van der Waals surface area contributed by atoms with Gasteiger partial charge in [0.15, 0.2) is 0 Å². The van der Waals surface area contributed by atoms with Gasteiger partial charge in [-0.1, -0.05) is 26.2 Å². The van der Waals surface area contributed by atoms with Gasteiger partial charge in [-0.2, -0.15) is 5.10 Å². The Morgan fingerprint density at radius 2 is 2.16 bits per heavy atom. The lowest BCUT2D eigenvalue weighted by atomic mass is 9.95. The van der Waals surface area contributed by atoms with Gasteiger partial charge in [0.2, 0.25) is 5.91 Å². The Morgan fingerprint density at radius 3 is 2.84 bits per heavy atom. The summed E-state index contributed by atoms with van der Waals surface area (Å²) in [4.78, 5) is 11.9. The minimum absolute atomic E-state index is 0.0813. The minimum Gasteiger partial charge on any atom is -0.373 e. The molecule has 0 aliphatic heterocycles. The highest BCUT2D eigenvalue weighted by atomic mass is 16.1. The van der Waals surface area contributed by atoms with Crippen LogP contribution < -0.4 is 10.6 Å². The first-order chi connectivity index (χ1) is 9.19. The summed E-state index contributed by atoms with van der Waals surface area (Å²) in [5.41, 5.74) is 1.97. The predicted octanol–water partition coefficient (Wildman–Crippen LogP) is 1.84. The zero-order chi connectivity index (χ0) is 13.7. The lowest BCUT2D eigenvalue weighted by Gasteiger charge is -2.22. The molecular formula is C14H24N4O. The maximum absolute atomic E-state index is 11.9. The Morgan fingerprint density at radius 1 is 1.42 bits per heavy atom. The molecule has 0 atom stereocenters. The molecule has 0 bridgehead atoms. The molecule has 0 spiro atoms. The summed E-state index contributed by atoms with van der Waals surface area (Å²) in [6, 6.07) is 0.377. The monoisotopic (exact) mass is 264 g/mol. The normalized spacial score (nSPS) is 16.3. The zero-order valence-corrected chi connectivity index (χ0v) is 11.9. The highest BCUT2D eigenvalue weighted by molar-refractivity contribution is 5.81. The molecule has 5 heteroatoms. The van der Waals surface area contributed by atoms with E-state index in [-0.39, 0.29) is 5.91 Å². The fourth-order valence-corrected chi connectivity index (χ4v) is 2.64. The Balaban J connectivity index is 1.79. The predicted molar refractivity (Wildman–Crippen MR) is 76.1 cm³/mol. The average molecular weight is 264 g/mol. The van der Waals surface area contributed by atoms with E-state index in [9.17, 15) is 4.79 Å². The molecule has 0 unspecified atom stereocenters. The molecule has 0 radical (unpaired) electrons. The van der Waals surface area contributed by atoms with E-state index >= 15 is 0 Å². The number of carbonyl (C=O) groups is 1. The van der Waals surface area contributed by atoms with Crippen LogP contribution in [-0.2, 0) is 18.3 Å². The highest BCUT2D eigenvalue weighted by Gasteiger charge is 2.15. The summed E-state index contributed by atoms with van der Waals surface area (Å²) in [5, 5.41) is 10.6. The Hall–Kier alpha value is -1.52. The Kier molecular flexibility index (Phi) is 4.82. The molecule has 106 valence electrons. The van der Waals surface area contributed by atoms with Gasteiger partial charge in [0.05, 0.1) is 17.9 Å². The lowest BCUT2D eigenvalue weighted by molar-refractivity contribution is -0.120. The molecular weight excluding hydrogens is 240 g/mol. The van der Waals surface area contributed by atoms with Crippen LogP contribution >= 0.6 is 0 Å². The minimum atomic E-state index is 0.0813. The number of nitrogens with one attached hydrogen (secondary N) is 2. The summed E-state index contributed by atoms with van der Waals surface area (Å²) in [7, 11) is 1.90. The highest BCUT2D eigenvalue weighted by Crippen LogP contribution is 2.17. The van der Waals surface area contributed by atoms with Crippen LogP contribution in [0.1, 0.15) is 44.7 Å². The zero-order valence-electron chi connectivity index (χ0n) is 11.9. The van der Waals surface area contributed by atoms with Crippen molar-refractivity contribution in [2.75, 3.05) is 11.9 Å². The molecule has 1 saturated carbocycles. The summed E-state index contributed by atoms with van der Waals surface area (Å²) in [6.45, 7) is 2.39. The van der Waals surface area contributed by atoms with Crippen LogP contribution in [0.25, 0.3) is 0 Å². The molecule has 1 heterocycles. The lowest BCUT2D eigenvalue weighted by Crippen LogP contribution is -2.39. The van der Waals surface area contributed by atoms with Crippen molar-refractivity contribution in [2.24, 2.45) is 7.05 Å². The van der Waals surface area contributed by atoms with Gasteiger partial charge in [0, 0.05) is 19.3 Å². The van der Waals surface area contributed by atoms with E-state index in [1.165, 1.54) is 19.3 Å². The van der Waals surface area contributed by atoms with Crippen LogP contribution in [0.5, 0.6) is 0 Å². The fourth-order valence-electron chi connectivity index (χ4n) is 2.64. The topological polar surface area (TPSA) is 59.0 Å². The number of amides is 1. The maximum Gasteiger partial charge on any atom is 0.239 e. The van der Waals surface area contributed by atoms with Crippen molar-refractivity contribution in [2.45, 2.75) is 51.5 Å². The second kappa shape index (κ2) is 6.59. The van der Waals surface area contributed by atoms with Gasteiger partial charge < -0.3 is 10.6 Å². The van der Waals surface area contributed by atoms with E-state index in [1.54, 1.807) is 4.68 Å². The summed E-state index contributed by atoms with van der Waals surface area (Å²) in [5.74, 6) is 0.0813. The second-order valence-corrected chi connectivity index (χ2v) is 5.27. The third kappa shape index (κ3) is 3.98. The standard InChI is InChI=1S/C14H24N4O/c1-3-12-13(10-18(2)17-12)15-9-14(19)16-11-7-5-4-6-8-11/h10-11,15H,3-9H2,1-2H3,(H,16,19). The van der Waals surface area contributed by atoms with Crippen molar-refractivity contribution in [3.05, 3.63) is 11.9 Å². The second-order valence-electron chi connectivity index (χ2n) is 5.27. The van der Waals surface area contributed by atoms with Crippen molar-refractivity contribution < 1.29 is 4.79 Å². The van der Waals surface area contributed by atoms with Crippen molar-refractivity contribution >= 4 is 11.6 Å². The van der Waals surface area contributed by atoms with Crippen molar-refractivity contribution in [1.82, 2.24) is 15.1 Å². The first-order valence-electron chi connectivity index (χ1n) is 7.24. The molecule has 1 aliphatic carbocycles. The molecule has 1 amide bonds. The number of hydrogen-bond donors (Lipinski definition) is 2. The quantitative estimate of drug-likeness (QED) is 0.853. The van der Waals surface area contributed by atoms with Gasteiger partial charge in [0.25, 0.3) is 0 Å². The molecule has 2 N–H and O–H groups in total. The number of aryl methyl sites for hydroxylation is 2. The fraction of sp³-hybridized carbons (Fsp3) is 0.714. The van der Waals surface area contributed by atoms with E-state index in [2.05, 4.69) is 22.7 Å². The summed E-state index contributed by atoms with van der Waals surface area (Å²) >= 11 is 0. The third-order valence-electron chi connectivity index (χ3n) is 3.65. The molecule has 1 fully saturated rings. The molecule has 2 rings (SSSR count). The van der Waals surface area contributed by atoms with Crippen LogP contribution in [0.4, 0.5) is 5.69 Å². The van der Waals surface area contributed by atoms with Gasteiger partial charge in [0.1, 0.15) is 0 Å². The van der Waals surface area contributed by atoms with Gasteiger partial charge in [-0.3, -0.25) is 9.48 Å². The van der Waals surface area contributed by atoms with Crippen LogP contribution in [-0.4, -0.2) is 28.3 Å². The molecule has 0 aromatic carbocycles. The summed E-state index contributed by atoms with van der Waals surface area (Å²) < 4.78 is 1.78. The van der Waals surface area contributed by atoms with Gasteiger partial charge in [-0.15, -0.1) is 0 Å². The first-order valence-corrected chi connectivity index (χ1v) is 7.24. The van der Waals surface area contributed by atoms with Gasteiger partial charge >= 0.3 is 0 Å². The number of hydrogen-bond acceptors (Lipinski definition) is 3. The average Bonchev–Trinajstić information content (AvgIpc) is 2.78. The van der Waals surface area contributed by atoms with Crippen LogP contribution in [0, 0.1) is 0 Å². The third-order valence-corrected chi connectivity index (χ3v) is 3.65. The maximum atomic E-state index is 11.9. The number of aromatic nitrogens is 2. The van der Waals surface area contributed by atoms with Crippen LogP contribution in [0.15, 0.2) is 6.20 Å². The SMILES string of the molecule is CCc1nn(C)cc1NCC(=O)NC1CCCCC1. The number of anilines is 1. The van der Waals surface area contributed by atoms with Gasteiger partial charge in [-0.05, 0) is 19.3 Å². The molecule has 19 heavy (non-hydrogen) atoms. The van der Waals surface area contributed by atoms with E-state index < -0.39 is 0 Å². The van der Waals surface area contributed by atoms with E-state index in [4.69, 9.17) is 0 Å². The van der Waals surface area contributed by atoms with E-state index in [1.807, 2.05) is 13.2 Å². The molecule has 5 nitrogen and oxygen atoms in total. The van der Waals surface area contributed by atoms with Crippen molar-refractivity contribution in [3.63, 3.8) is 0 Å². The van der Waals surface area contributed by atoms with Gasteiger partial charge in [-0.25, -0.2) is 0 Å². The Bertz CT molecular complexity index is 421. The molecule has 1 aromatic heterocycles. The molecule has 1 aromatic rings. The van der Waals surface area contributed by atoms with E-state index in [0.717, 1.165) is 30.6 Å². The first kappa shape index (κ1) is 13.9. The summed E-state index contributed by atoms with van der Waals surface area (Å²) in [6.07, 6.45) is 8.82. The van der Waals surface area contributed by atoms with Crippen molar-refractivity contribution in [1.29, 1.82) is 0 Å². The van der Waals surface area contributed by atoms with E-state index in [0.29, 0.717) is 12.6 Å². The van der Waals surface area contributed by atoms with Crippen molar-refractivity contribution in [3.8, 4) is 0 Å².